The molecule has 1 fully saturated rings. The highest BCUT2D eigenvalue weighted by atomic mass is 16.7. The Balaban J connectivity index is 1.52. The van der Waals surface area contributed by atoms with Crippen molar-refractivity contribution in [2.45, 2.75) is 25.7 Å². The van der Waals surface area contributed by atoms with Gasteiger partial charge in [0, 0.05) is 18.4 Å². The fourth-order valence-corrected chi connectivity index (χ4v) is 4.74. The molecule has 0 radical (unpaired) electrons. The number of allylic oxidation sites excluding steroid dienone is 1. The van der Waals surface area contributed by atoms with Crippen LogP contribution in [0.15, 0.2) is 133 Å². The molecule has 37 heavy (non-hydrogen) atoms. The maximum absolute atomic E-state index is 13.8. The van der Waals surface area contributed by atoms with Gasteiger partial charge in [-0.05, 0) is 35.1 Å². The Hall–Kier alpha value is -4.44. The summed E-state index contributed by atoms with van der Waals surface area (Å²) in [5, 5.41) is 0. The van der Waals surface area contributed by atoms with Gasteiger partial charge in [-0.1, -0.05) is 121 Å². The first kappa shape index (κ1) is 24.3. The highest BCUT2D eigenvalue weighted by Gasteiger charge is 2.53. The molecule has 0 unspecified atom stereocenters. The van der Waals surface area contributed by atoms with E-state index in [1.54, 1.807) is 0 Å². The summed E-state index contributed by atoms with van der Waals surface area (Å²) in [5.41, 5.74) is 3.09. The van der Waals surface area contributed by atoms with Crippen molar-refractivity contribution in [3.05, 3.63) is 155 Å². The molecule has 1 aliphatic rings. The molecule has 0 aliphatic carbocycles. The monoisotopic (exact) mass is 488 g/mol. The van der Waals surface area contributed by atoms with E-state index in [4.69, 9.17) is 9.47 Å². The van der Waals surface area contributed by atoms with Gasteiger partial charge in [-0.25, -0.2) is 0 Å². The van der Waals surface area contributed by atoms with Gasteiger partial charge in [0.2, 0.25) is 0 Å². The van der Waals surface area contributed by atoms with E-state index in [2.05, 4.69) is 0 Å². The Labute approximate surface area is 217 Å². The molecule has 0 N–H and O–H groups in total. The molecular formula is C33H28O4. The Morgan fingerprint density at radius 3 is 1.16 bits per heavy atom. The summed E-state index contributed by atoms with van der Waals surface area (Å²) >= 11 is 0. The van der Waals surface area contributed by atoms with Gasteiger partial charge >= 0.3 is 11.9 Å². The average Bonchev–Trinajstić information content (AvgIpc) is 2.93. The molecule has 0 aromatic heterocycles. The molecule has 1 heterocycles. The predicted octanol–water partition coefficient (Wildman–Crippen LogP) is 6.26. The van der Waals surface area contributed by atoms with Gasteiger partial charge in [0.1, 0.15) is 0 Å². The van der Waals surface area contributed by atoms with Crippen molar-refractivity contribution in [3.8, 4) is 0 Å². The summed E-state index contributed by atoms with van der Waals surface area (Å²) in [7, 11) is 0. The number of rotatable bonds is 8. The number of benzene rings is 4. The van der Waals surface area contributed by atoms with Gasteiger partial charge in [-0.3, -0.25) is 9.59 Å². The summed E-state index contributed by atoms with van der Waals surface area (Å²) < 4.78 is 11.8. The minimum atomic E-state index is -1.48. The molecule has 1 aliphatic heterocycles. The van der Waals surface area contributed by atoms with Crippen LogP contribution < -0.4 is 0 Å². The quantitative estimate of drug-likeness (QED) is 0.217. The van der Waals surface area contributed by atoms with E-state index in [9.17, 15) is 9.59 Å². The summed E-state index contributed by atoms with van der Waals surface area (Å²) in [6, 6.07) is 38.8. The molecule has 0 atom stereocenters. The first-order chi connectivity index (χ1) is 18.1. The standard InChI is InChI=1S/C33H28O4/c34-31-33(23-27-17-9-3-10-18-27,24-28-19-11-4-12-20-28)32(35)37-30(36-31)29(21-25-13-5-1-6-14-25)22-26-15-7-2-8-16-26/h1-20H,21-24H2. The first-order valence-electron chi connectivity index (χ1n) is 12.4. The minimum absolute atomic E-state index is 0.000505. The smallest absolute Gasteiger partial charge is 0.331 e. The van der Waals surface area contributed by atoms with Crippen molar-refractivity contribution in [2.75, 3.05) is 0 Å². The van der Waals surface area contributed by atoms with Gasteiger partial charge in [0.25, 0.3) is 5.95 Å². The highest BCUT2D eigenvalue weighted by Crippen LogP contribution is 2.38. The zero-order valence-electron chi connectivity index (χ0n) is 20.5. The number of carbonyl (C=O) groups excluding carboxylic acids is 2. The number of esters is 2. The Bertz CT molecular complexity index is 1270. The maximum Gasteiger partial charge on any atom is 0.331 e. The third kappa shape index (κ3) is 5.70. The van der Waals surface area contributed by atoms with Crippen molar-refractivity contribution in [1.82, 2.24) is 0 Å². The van der Waals surface area contributed by atoms with Gasteiger partial charge in [0.15, 0.2) is 5.41 Å². The Morgan fingerprint density at radius 2 is 0.811 bits per heavy atom. The third-order valence-electron chi connectivity index (χ3n) is 6.66. The van der Waals surface area contributed by atoms with E-state index in [1.165, 1.54) is 0 Å². The van der Waals surface area contributed by atoms with Crippen molar-refractivity contribution >= 4 is 11.9 Å². The average molecular weight is 489 g/mol. The van der Waals surface area contributed by atoms with Crippen LogP contribution in [0.4, 0.5) is 0 Å². The maximum atomic E-state index is 13.8. The Kier molecular flexibility index (Phi) is 7.27. The van der Waals surface area contributed by atoms with Crippen LogP contribution in [-0.2, 0) is 44.7 Å². The van der Waals surface area contributed by atoms with Crippen LogP contribution in [0.3, 0.4) is 0 Å². The van der Waals surface area contributed by atoms with Crippen molar-refractivity contribution in [1.29, 1.82) is 0 Å². The summed E-state index contributed by atoms with van der Waals surface area (Å²) in [6.07, 6.45) is 1.38. The molecule has 184 valence electrons. The molecule has 5 rings (SSSR count). The molecule has 4 nitrogen and oxygen atoms in total. The number of hydrogen-bond donors (Lipinski definition) is 0. The van der Waals surface area contributed by atoms with E-state index in [-0.39, 0.29) is 18.8 Å². The molecule has 4 heteroatoms. The lowest BCUT2D eigenvalue weighted by Gasteiger charge is -2.34. The van der Waals surface area contributed by atoms with Crippen LogP contribution in [-0.4, -0.2) is 11.9 Å². The number of carbonyl (C=O) groups is 2. The van der Waals surface area contributed by atoms with Crippen molar-refractivity contribution < 1.29 is 19.1 Å². The molecule has 0 amide bonds. The van der Waals surface area contributed by atoms with Crippen molar-refractivity contribution in [2.24, 2.45) is 5.41 Å². The second-order valence-corrected chi connectivity index (χ2v) is 9.40. The van der Waals surface area contributed by atoms with E-state index in [0.29, 0.717) is 12.8 Å². The lowest BCUT2D eigenvalue weighted by atomic mass is 9.76. The zero-order valence-corrected chi connectivity index (χ0v) is 20.5. The molecular weight excluding hydrogens is 460 g/mol. The molecule has 0 spiro atoms. The van der Waals surface area contributed by atoms with Gasteiger partial charge in [0.05, 0.1) is 0 Å². The van der Waals surface area contributed by atoms with Gasteiger partial charge < -0.3 is 9.47 Å². The van der Waals surface area contributed by atoms with E-state index in [0.717, 1.165) is 27.8 Å². The van der Waals surface area contributed by atoms with Crippen molar-refractivity contribution in [3.63, 3.8) is 0 Å². The number of ether oxygens (including phenoxy) is 2. The fourth-order valence-electron chi connectivity index (χ4n) is 4.74. The normalized spacial score (nSPS) is 14.5. The van der Waals surface area contributed by atoms with Gasteiger partial charge in [-0.15, -0.1) is 0 Å². The first-order valence-corrected chi connectivity index (χ1v) is 12.4. The second kappa shape index (κ2) is 11.1. The topological polar surface area (TPSA) is 52.6 Å². The number of hydrogen-bond acceptors (Lipinski definition) is 4. The molecule has 0 saturated carbocycles. The van der Waals surface area contributed by atoms with Crippen LogP contribution in [0.2, 0.25) is 0 Å². The van der Waals surface area contributed by atoms with Crippen LogP contribution in [0, 0.1) is 5.41 Å². The largest absolute Gasteiger partial charge is 0.392 e. The highest BCUT2D eigenvalue weighted by molar-refractivity contribution is 6.03. The summed E-state index contributed by atoms with van der Waals surface area (Å²) in [4.78, 5) is 27.6. The van der Waals surface area contributed by atoms with E-state index >= 15 is 0 Å². The summed E-state index contributed by atoms with van der Waals surface area (Å²) in [6.45, 7) is 0. The second-order valence-electron chi connectivity index (χ2n) is 9.40. The molecule has 1 saturated heterocycles. The SMILES string of the molecule is O=C1OC(=C(Cc2ccccc2)Cc2ccccc2)OC(=O)C1(Cc1ccccc1)Cc1ccccc1. The summed E-state index contributed by atoms with van der Waals surface area (Å²) in [5.74, 6) is -1.16. The predicted molar refractivity (Wildman–Crippen MR) is 142 cm³/mol. The van der Waals surface area contributed by atoms with Crippen LogP contribution >= 0.6 is 0 Å². The minimum Gasteiger partial charge on any atom is -0.392 e. The zero-order chi connectivity index (χ0) is 25.5. The Morgan fingerprint density at radius 1 is 0.486 bits per heavy atom. The lowest BCUT2D eigenvalue weighted by molar-refractivity contribution is -0.187. The van der Waals surface area contributed by atoms with Crippen LogP contribution in [0.1, 0.15) is 22.3 Å². The lowest BCUT2D eigenvalue weighted by Crippen LogP contribution is -2.49. The fraction of sp³-hybridized carbons (Fsp3) is 0.152. The molecule has 4 aromatic rings. The van der Waals surface area contributed by atoms with E-state index < -0.39 is 17.4 Å². The van der Waals surface area contributed by atoms with Crippen LogP contribution in [0.5, 0.6) is 0 Å². The van der Waals surface area contributed by atoms with Crippen LogP contribution in [0.25, 0.3) is 0 Å². The van der Waals surface area contributed by atoms with E-state index in [1.807, 2.05) is 121 Å². The number of cyclic esters (lactones) is 2. The van der Waals surface area contributed by atoms with Gasteiger partial charge in [-0.2, -0.15) is 0 Å². The third-order valence-corrected chi connectivity index (χ3v) is 6.66. The molecule has 4 aromatic carbocycles. The molecule has 0 bridgehead atoms.